The Morgan fingerprint density at radius 2 is 2.00 bits per heavy atom. The van der Waals surface area contributed by atoms with E-state index >= 15 is 0 Å². The third-order valence-electron chi connectivity index (χ3n) is 2.21. The standard InChI is InChI=1S/C10H12N2O/c1-6(2)7-4-3-5-8-9(7)12-10(13)11-8/h3-6H,1-2H3,(H2,11,12,13). The number of benzene rings is 1. The van der Waals surface area contributed by atoms with Gasteiger partial charge >= 0.3 is 5.69 Å². The molecule has 0 bridgehead atoms. The van der Waals surface area contributed by atoms with Gasteiger partial charge in [0.05, 0.1) is 11.0 Å². The second-order valence-electron chi connectivity index (χ2n) is 3.50. The first kappa shape index (κ1) is 8.10. The maximum atomic E-state index is 11.1. The third-order valence-corrected chi connectivity index (χ3v) is 2.21. The van der Waals surface area contributed by atoms with Gasteiger partial charge in [-0.25, -0.2) is 4.79 Å². The Balaban J connectivity index is 2.82. The van der Waals surface area contributed by atoms with E-state index in [1.165, 1.54) is 5.56 Å². The van der Waals surface area contributed by atoms with Gasteiger partial charge in [0.25, 0.3) is 0 Å². The number of H-pyrrole nitrogens is 2. The average Bonchev–Trinajstić information content (AvgIpc) is 2.43. The average molecular weight is 176 g/mol. The van der Waals surface area contributed by atoms with Crippen molar-refractivity contribution in [2.75, 3.05) is 0 Å². The molecule has 68 valence electrons. The second-order valence-corrected chi connectivity index (χ2v) is 3.50. The number of fused-ring (bicyclic) bond motifs is 1. The van der Waals surface area contributed by atoms with E-state index in [0.29, 0.717) is 5.92 Å². The van der Waals surface area contributed by atoms with Crippen molar-refractivity contribution in [3.63, 3.8) is 0 Å². The summed E-state index contributed by atoms with van der Waals surface area (Å²) in [5, 5.41) is 0. The van der Waals surface area contributed by atoms with Crippen LogP contribution in [0.1, 0.15) is 25.3 Å². The Labute approximate surface area is 75.8 Å². The number of para-hydroxylation sites is 1. The highest BCUT2D eigenvalue weighted by Crippen LogP contribution is 2.21. The molecule has 1 heterocycles. The molecule has 1 aromatic heterocycles. The fourth-order valence-corrected chi connectivity index (χ4v) is 1.56. The van der Waals surface area contributed by atoms with Gasteiger partial charge in [-0.3, -0.25) is 0 Å². The van der Waals surface area contributed by atoms with Crippen LogP contribution in [0.15, 0.2) is 23.0 Å². The fourth-order valence-electron chi connectivity index (χ4n) is 1.56. The van der Waals surface area contributed by atoms with E-state index in [2.05, 4.69) is 23.8 Å². The fraction of sp³-hybridized carbons (Fsp3) is 0.300. The quantitative estimate of drug-likeness (QED) is 0.685. The molecule has 0 aliphatic heterocycles. The van der Waals surface area contributed by atoms with E-state index in [-0.39, 0.29) is 5.69 Å². The van der Waals surface area contributed by atoms with Gasteiger partial charge < -0.3 is 9.97 Å². The largest absolute Gasteiger partial charge is 0.323 e. The van der Waals surface area contributed by atoms with Gasteiger partial charge in [0.15, 0.2) is 0 Å². The molecule has 0 saturated heterocycles. The van der Waals surface area contributed by atoms with Crippen LogP contribution >= 0.6 is 0 Å². The molecule has 0 radical (unpaired) electrons. The van der Waals surface area contributed by atoms with E-state index < -0.39 is 0 Å². The molecule has 0 saturated carbocycles. The van der Waals surface area contributed by atoms with Crippen molar-refractivity contribution in [1.29, 1.82) is 0 Å². The van der Waals surface area contributed by atoms with E-state index in [1.54, 1.807) is 0 Å². The Kier molecular flexibility index (Phi) is 1.72. The maximum Gasteiger partial charge on any atom is 0.323 e. The minimum atomic E-state index is -0.136. The van der Waals surface area contributed by atoms with Gasteiger partial charge in [-0.05, 0) is 17.5 Å². The lowest BCUT2D eigenvalue weighted by Gasteiger charge is -2.04. The molecular formula is C10H12N2O. The van der Waals surface area contributed by atoms with Crippen molar-refractivity contribution < 1.29 is 0 Å². The van der Waals surface area contributed by atoms with Crippen LogP contribution in [0.5, 0.6) is 0 Å². The number of aromatic amines is 2. The van der Waals surface area contributed by atoms with Gasteiger partial charge in [-0.15, -0.1) is 0 Å². The molecule has 2 aromatic rings. The van der Waals surface area contributed by atoms with Gasteiger partial charge in [0.1, 0.15) is 0 Å². The summed E-state index contributed by atoms with van der Waals surface area (Å²) in [6, 6.07) is 5.90. The van der Waals surface area contributed by atoms with Crippen molar-refractivity contribution in [3.05, 3.63) is 34.2 Å². The minimum Gasteiger partial charge on any atom is -0.306 e. The summed E-state index contributed by atoms with van der Waals surface area (Å²) in [7, 11) is 0. The summed E-state index contributed by atoms with van der Waals surface area (Å²) in [5.74, 6) is 0.426. The lowest BCUT2D eigenvalue weighted by molar-refractivity contribution is 0.873. The van der Waals surface area contributed by atoms with Crippen LogP contribution in [0.4, 0.5) is 0 Å². The molecule has 13 heavy (non-hydrogen) atoms. The summed E-state index contributed by atoms with van der Waals surface area (Å²) >= 11 is 0. The highest BCUT2D eigenvalue weighted by atomic mass is 16.1. The number of nitrogens with one attached hydrogen (secondary N) is 2. The van der Waals surface area contributed by atoms with Crippen molar-refractivity contribution in [3.8, 4) is 0 Å². The van der Waals surface area contributed by atoms with Crippen molar-refractivity contribution in [2.24, 2.45) is 0 Å². The van der Waals surface area contributed by atoms with Crippen molar-refractivity contribution >= 4 is 11.0 Å². The molecule has 3 heteroatoms. The third kappa shape index (κ3) is 1.26. The molecular weight excluding hydrogens is 164 g/mol. The van der Waals surface area contributed by atoms with Crippen LogP contribution in [0.2, 0.25) is 0 Å². The topological polar surface area (TPSA) is 48.6 Å². The minimum absolute atomic E-state index is 0.136. The zero-order valence-corrected chi connectivity index (χ0v) is 7.72. The number of rotatable bonds is 1. The molecule has 1 aromatic carbocycles. The highest BCUT2D eigenvalue weighted by Gasteiger charge is 2.06. The Hall–Kier alpha value is -1.51. The summed E-state index contributed by atoms with van der Waals surface area (Å²) < 4.78 is 0. The summed E-state index contributed by atoms with van der Waals surface area (Å²) in [6.07, 6.45) is 0. The van der Waals surface area contributed by atoms with Gasteiger partial charge in [0, 0.05) is 0 Å². The molecule has 0 unspecified atom stereocenters. The van der Waals surface area contributed by atoms with Crippen LogP contribution in [0, 0.1) is 0 Å². The van der Waals surface area contributed by atoms with Gasteiger partial charge in [-0.2, -0.15) is 0 Å². The SMILES string of the molecule is CC(C)c1cccc2[nH]c(=O)[nH]c12. The monoisotopic (exact) mass is 176 g/mol. The smallest absolute Gasteiger partial charge is 0.306 e. The lowest BCUT2D eigenvalue weighted by Crippen LogP contribution is -1.99. The van der Waals surface area contributed by atoms with E-state index in [4.69, 9.17) is 0 Å². The van der Waals surface area contributed by atoms with Gasteiger partial charge in [-0.1, -0.05) is 26.0 Å². The molecule has 2 rings (SSSR count). The molecule has 0 aliphatic carbocycles. The first-order valence-electron chi connectivity index (χ1n) is 4.39. The van der Waals surface area contributed by atoms with Crippen molar-refractivity contribution in [1.82, 2.24) is 9.97 Å². The van der Waals surface area contributed by atoms with Crippen LogP contribution in [0.25, 0.3) is 11.0 Å². The number of imidazole rings is 1. The van der Waals surface area contributed by atoms with Crippen LogP contribution in [-0.2, 0) is 0 Å². The van der Waals surface area contributed by atoms with Gasteiger partial charge in [0.2, 0.25) is 0 Å². The molecule has 0 spiro atoms. The molecule has 0 amide bonds. The first-order valence-corrected chi connectivity index (χ1v) is 4.39. The van der Waals surface area contributed by atoms with Crippen molar-refractivity contribution in [2.45, 2.75) is 19.8 Å². The summed E-state index contributed by atoms with van der Waals surface area (Å²) in [5.41, 5.74) is 2.86. The second kappa shape index (κ2) is 2.76. The summed E-state index contributed by atoms with van der Waals surface area (Å²) in [6.45, 7) is 4.22. The van der Waals surface area contributed by atoms with E-state index in [0.717, 1.165) is 11.0 Å². The Bertz CT molecular complexity index is 479. The highest BCUT2D eigenvalue weighted by molar-refractivity contribution is 5.78. The normalized spacial score (nSPS) is 11.3. The number of hydrogen-bond acceptors (Lipinski definition) is 1. The molecule has 2 N–H and O–H groups in total. The van der Waals surface area contributed by atoms with Crippen LogP contribution in [0.3, 0.4) is 0 Å². The lowest BCUT2D eigenvalue weighted by atomic mass is 10.0. The number of aromatic nitrogens is 2. The van der Waals surface area contributed by atoms with E-state index in [9.17, 15) is 4.79 Å². The number of hydrogen-bond donors (Lipinski definition) is 2. The first-order chi connectivity index (χ1) is 6.18. The molecule has 0 aliphatic rings. The molecule has 0 fully saturated rings. The molecule has 0 atom stereocenters. The predicted molar refractivity (Wildman–Crippen MR) is 53.0 cm³/mol. The van der Waals surface area contributed by atoms with Crippen LogP contribution < -0.4 is 5.69 Å². The Morgan fingerprint density at radius 3 is 2.69 bits per heavy atom. The van der Waals surface area contributed by atoms with Crippen LogP contribution in [-0.4, -0.2) is 9.97 Å². The molecule has 3 nitrogen and oxygen atoms in total. The maximum absolute atomic E-state index is 11.1. The van der Waals surface area contributed by atoms with E-state index in [1.807, 2.05) is 18.2 Å². The zero-order valence-electron chi connectivity index (χ0n) is 7.72. The predicted octanol–water partition coefficient (Wildman–Crippen LogP) is 1.98. The Morgan fingerprint density at radius 1 is 1.23 bits per heavy atom. The summed E-state index contributed by atoms with van der Waals surface area (Å²) in [4.78, 5) is 16.6. The zero-order chi connectivity index (χ0) is 9.42.